The molecule has 0 saturated heterocycles. The molecule has 0 N–H and O–H groups in total. The molecule has 0 aliphatic heterocycles. The highest BCUT2D eigenvalue weighted by Gasteiger charge is 2.15. The quantitative estimate of drug-likeness (QED) is 0.443. The minimum Gasteiger partial charge on any atom is -0.403 e. The summed E-state index contributed by atoms with van der Waals surface area (Å²) < 4.78 is 9.61. The summed E-state index contributed by atoms with van der Waals surface area (Å²) in [5.41, 5.74) is 1.83. The lowest BCUT2D eigenvalue weighted by molar-refractivity contribution is 0.601. The number of nitrogens with zero attached hydrogens (tertiary/aromatic N) is 4. The maximum atomic E-state index is 12.9. The summed E-state index contributed by atoms with van der Waals surface area (Å²) >= 11 is 3.39. The van der Waals surface area contributed by atoms with Crippen molar-refractivity contribution in [2.45, 2.75) is 0 Å². The van der Waals surface area contributed by atoms with Gasteiger partial charge in [-0.05, 0) is 41.8 Å². The Balaban J connectivity index is 1.70. The van der Waals surface area contributed by atoms with Crippen LogP contribution >= 0.6 is 15.9 Å². The van der Waals surface area contributed by atoms with Gasteiger partial charge in [-0.25, -0.2) is 4.98 Å². The van der Waals surface area contributed by atoms with Crippen molar-refractivity contribution in [3.05, 3.63) is 81.8 Å². The van der Waals surface area contributed by atoms with Crippen LogP contribution in [0.5, 0.6) is 0 Å². The summed E-state index contributed by atoms with van der Waals surface area (Å²) in [7, 11) is 0. The van der Waals surface area contributed by atoms with Crippen LogP contribution in [0.2, 0.25) is 0 Å². The molecule has 0 aliphatic carbocycles. The van der Waals surface area contributed by atoms with Gasteiger partial charge in [0, 0.05) is 16.2 Å². The first-order valence-electron chi connectivity index (χ1n) is 7.92. The van der Waals surface area contributed by atoms with Crippen molar-refractivity contribution in [3.8, 4) is 17.1 Å². The van der Waals surface area contributed by atoms with E-state index in [1.165, 1.54) is 10.7 Å². The van der Waals surface area contributed by atoms with Crippen LogP contribution < -0.4 is 5.56 Å². The Hall–Kier alpha value is -3.19. The predicted octanol–water partition coefficient (Wildman–Crippen LogP) is 4.06. The van der Waals surface area contributed by atoms with Gasteiger partial charge >= 0.3 is 11.4 Å². The zero-order chi connectivity index (χ0) is 17.7. The monoisotopic (exact) mass is 406 g/mol. The van der Waals surface area contributed by atoms with Gasteiger partial charge in [0.05, 0.1) is 11.7 Å². The third kappa shape index (κ3) is 2.28. The number of fused-ring (bicyclic) bond motifs is 2. The van der Waals surface area contributed by atoms with E-state index in [0.29, 0.717) is 11.6 Å². The van der Waals surface area contributed by atoms with E-state index in [1.807, 2.05) is 65.4 Å². The van der Waals surface area contributed by atoms with Gasteiger partial charge in [-0.1, -0.05) is 34.1 Å². The fourth-order valence-corrected chi connectivity index (χ4v) is 3.21. The van der Waals surface area contributed by atoms with Gasteiger partial charge in [0.25, 0.3) is 0 Å². The Bertz CT molecular complexity index is 1320. The third-order valence-corrected chi connectivity index (χ3v) is 4.75. The van der Waals surface area contributed by atoms with Gasteiger partial charge in [-0.3, -0.25) is 4.79 Å². The van der Waals surface area contributed by atoms with E-state index in [-0.39, 0.29) is 11.4 Å². The summed E-state index contributed by atoms with van der Waals surface area (Å²) in [5, 5.41) is 5.36. The number of hydrogen-bond donors (Lipinski definition) is 0. The van der Waals surface area contributed by atoms with Gasteiger partial charge in [0.2, 0.25) is 5.89 Å². The van der Waals surface area contributed by atoms with E-state index in [4.69, 9.17) is 4.42 Å². The van der Waals surface area contributed by atoms with Crippen LogP contribution in [-0.4, -0.2) is 19.2 Å². The molecule has 0 bridgehead atoms. The van der Waals surface area contributed by atoms with Crippen molar-refractivity contribution in [2.24, 2.45) is 0 Å². The van der Waals surface area contributed by atoms with E-state index < -0.39 is 0 Å². The van der Waals surface area contributed by atoms with Crippen LogP contribution in [0.4, 0.5) is 0 Å². The molecule has 0 aliphatic rings. The fourth-order valence-electron chi connectivity index (χ4n) is 2.94. The molecular formula is C19H11BrN4O2. The van der Waals surface area contributed by atoms with Gasteiger partial charge in [-0.2, -0.15) is 0 Å². The van der Waals surface area contributed by atoms with E-state index >= 15 is 0 Å². The second kappa shape index (κ2) is 5.67. The van der Waals surface area contributed by atoms with Crippen molar-refractivity contribution >= 4 is 32.7 Å². The molecule has 3 heterocycles. The van der Waals surface area contributed by atoms with Crippen LogP contribution in [0.1, 0.15) is 0 Å². The van der Waals surface area contributed by atoms with Crippen molar-refractivity contribution < 1.29 is 4.42 Å². The Morgan fingerprint density at radius 2 is 1.81 bits per heavy atom. The lowest BCUT2D eigenvalue weighted by Gasteiger charge is -2.03. The maximum Gasteiger partial charge on any atom is 0.328 e. The second-order valence-electron chi connectivity index (χ2n) is 5.80. The summed E-state index contributed by atoms with van der Waals surface area (Å²) in [4.78, 5) is 17.2. The molecule has 3 aromatic heterocycles. The van der Waals surface area contributed by atoms with Crippen molar-refractivity contribution in [3.63, 3.8) is 0 Å². The normalized spacial score (nSPS) is 11.4. The smallest absolute Gasteiger partial charge is 0.328 e. The molecule has 126 valence electrons. The number of halogens is 1. The molecular weight excluding hydrogens is 396 g/mol. The van der Waals surface area contributed by atoms with Gasteiger partial charge in [0.1, 0.15) is 5.69 Å². The standard InChI is InChI=1S/C19H11BrN4O2/c20-14-7-5-13(6-8-14)17-22-24-18(25)16(11-21-19(24)26-17)23-10-9-12-3-1-2-4-15(12)23/h1-11H. The average molecular weight is 407 g/mol. The molecule has 0 amide bonds. The van der Waals surface area contributed by atoms with Crippen LogP contribution in [0.15, 0.2) is 80.7 Å². The largest absolute Gasteiger partial charge is 0.403 e. The van der Waals surface area contributed by atoms with Crippen LogP contribution in [0.25, 0.3) is 33.9 Å². The van der Waals surface area contributed by atoms with Gasteiger partial charge < -0.3 is 8.98 Å². The fraction of sp³-hybridized carbons (Fsp3) is 0. The molecule has 0 saturated carbocycles. The lowest BCUT2D eigenvalue weighted by atomic mass is 10.2. The molecule has 26 heavy (non-hydrogen) atoms. The Morgan fingerprint density at radius 3 is 2.65 bits per heavy atom. The zero-order valence-electron chi connectivity index (χ0n) is 13.3. The highest BCUT2D eigenvalue weighted by atomic mass is 79.9. The first kappa shape index (κ1) is 15.1. The number of hydrogen-bond acceptors (Lipinski definition) is 4. The highest BCUT2D eigenvalue weighted by Crippen LogP contribution is 2.22. The average Bonchev–Trinajstić information content (AvgIpc) is 3.28. The topological polar surface area (TPSA) is 65.3 Å². The minimum absolute atomic E-state index is 0.160. The van der Waals surface area contributed by atoms with E-state index in [0.717, 1.165) is 20.9 Å². The SMILES string of the molecule is O=c1c(-n2ccc3ccccc32)cnc2oc(-c3ccc(Br)cc3)nn12. The van der Waals surface area contributed by atoms with E-state index in [9.17, 15) is 4.79 Å². The minimum atomic E-state index is -0.288. The Labute approximate surface area is 155 Å². The number of benzene rings is 2. The maximum absolute atomic E-state index is 12.9. The summed E-state index contributed by atoms with van der Waals surface area (Å²) in [6.45, 7) is 0. The molecule has 0 fully saturated rings. The highest BCUT2D eigenvalue weighted by molar-refractivity contribution is 9.10. The molecule has 0 radical (unpaired) electrons. The number of aromatic nitrogens is 4. The third-order valence-electron chi connectivity index (χ3n) is 4.22. The molecule has 0 spiro atoms. The summed E-state index contributed by atoms with van der Waals surface area (Å²) in [6, 6.07) is 17.3. The van der Waals surface area contributed by atoms with Gasteiger partial charge in [-0.15, -0.1) is 9.61 Å². The predicted molar refractivity (Wildman–Crippen MR) is 101 cm³/mol. The molecule has 5 aromatic rings. The van der Waals surface area contributed by atoms with Crippen LogP contribution in [-0.2, 0) is 0 Å². The van der Waals surface area contributed by atoms with Gasteiger partial charge in [0.15, 0.2) is 0 Å². The van der Waals surface area contributed by atoms with E-state index in [1.54, 1.807) is 0 Å². The van der Waals surface area contributed by atoms with Crippen LogP contribution in [0.3, 0.4) is 0 Å². The zero-order valence-corrected chi connectivity index (χ0v) is 14.9. The second-order valence-corrected chi connectivity index (χ2v) is 6.72. The Morgan fingerprint density at radius 1 is 1.00 bits per heavy atom. The first-order chi connectivity index (χ1) is 12.7. The molecule has 2 aromatic carbocycles. The van der Waals surface area contributed by atoms with Crippen LogP contribution in [0, 0.1) is 0 Å². The molecule has 0 atom stereocenters. The molecule has 5 rings (SSSR count). The van der Waals surface area contributed by atoms with E-state index in [2.05, 4.69) is 26.0 Å². The summed E-state index contributed by atoms with van der Waals surface area (Å²) in [5.74, 6) is 0.504. The number of para-hydroxylation sites is 1. The number of rotatable bonds is 2. The lowest BCUT2D eigenvalue weighted by Crippen LogP contribution is -2.20. The first-order valence-corrected chi connectivity index (χ1v) is 8.71. The Kier molecular flexibility index (Phi) is 3.29. The molecule has 7 heteroatoms. The summed E-state index contributed by atoms with van der Waals surface area (Å²) in [6.07, 6.45) is 3.37. The molecule has 0 unspecified atom stereocenters. The molecule has 6 nitrogen and oxygen atoms in total. The van der Waals surface area contributed by atoms with Crippen molar-refractivity contribution in [1.29, 1.82) is 0 Å². The van der Waals surface area contributed by atoms with Crippen molar-refractivity contribution in [1.82, 2.24) is 19.2 Å². The van der Waals surface area contributed by atoms with Crippen molar-refractivity contribution in [2.75, 3.05) is 0 Å².